The van der Waals surface area contributed by atoms with Gasteiger partial charge in [-0.2, -0.15) is 0 Å². The molecule has 0 saturated heterocycles. The molecule has 0 radical (unpaired) electrons. The van der Waals surface area contributed by atoms with Gasteiger partial charge in [0, 0.05) is 47.4 Å². The number of carbonyl (C=O) groups is 4. The van der Waals surface area contributed by atoms with Gasteiger partial charge in [0.2, 0.25) is 11.6 Å². The van der Waals surface area contributed by atoms with Crippen LogP contribution in [0.5, 0.6) is 0 Å². The van der Waals surface area contributed by atoms with Crippen LogP contribution in [0.4, 0.5) is 0 Å². The van der Waals surface area contributed by atoms with E-state index in [0.717, 1.165) is 11.1 Å². The van der Waals surface area contributed by atoms with Crippen LogP contribution in [-0.2, 0) is 22.7 Å². The predicted molar refractivity (Wildman–Crippen MR) is 149 cm³/mol. The molecule has 0 aliphatic carbocycles. The Morgan fingerprint density at radius 2 is 0.927 bits per heavy atom. The fourth-order valence-corrected chi connectivity index (χ4v) is 5.47. The maximum absolute atomic E-state index is 12.5. The molecule has 0 spiro atoms. The van der Waals surface area contributed by atoms with Crippen LogP contribution in [-0.4, -0.2) is 70.4 Å². The number of hydrogen-bond acceptors (Lipinski definition) is 6. The molecule has 0 amide bonds. The van der Waals surface area contributed by atoms with E-state index in [0.29, 0.717) is 59.8 Å². The summed E-state index contributed by atoms with van der Waals surface area (Å²) in [6.07, 6.45) is 0.985. The minimum atomic E-state index is -1.07. The molecule has 204 valence electrons. The molecule has 41 heavy (non-hydrogen) atoms. The summed E-state index contributed by atoms with van der Waals surface area (Å²) in [6.45, 7) is 5.03. The monoisotopic (exact) mass is 576 g/mol. The van der Waals surface area contributed by atoms with Gasteiger partial charge in [0.15, 0.2) is 0 Å². The van der Waals surface area contributed by atoms with E-state index in [-0.39, 0.29) is 49.3 Å². The van der Waals surface area contributed by atoms with Gasteiger partial charge < -0.3 is 28.9 Å². The van der Waals surface area contributed by atoms with Crippen LogP contribution in [0.2, 0.25) is 0 Å². The fourth-order valence-electron chi connectivity index (χ4n) is 5.47. The summed E-state index contributed by atoms with van der Waals surface area (Å²) in [7, 11) is 0. The third kappa shape index (κ3) is 6.10. The second-order valence-electron chi connectivity index (χ2n) is 10.3. The predicted octanol–water partition coefficient (Wildman–Crippen LogP) is 2.15. The number of ketones is 2. The van der Waals surface area contributed by atoms with Crippen LogP contribution in [0.15, 0.2) is 72.8 Å². The van der Waals surface area contributed by atoms with Gasteiger partial charge in [0.1, 0.15) is 0 Å². The number of aromatic nitrogens is 2. The number of benzene rings is 2. The third-order valence-electron chi connectivity index (χ3n) is 7.69. The summed E-state index contributed by atoms with van der Waals surface area (Å²) in [5.74, 6) is -3.50. The molecular formula is C32H28CaN2O6. The molecule has 4 aromatic rings. The normalized spacial score (nSPS) is 16.5. The Labute approximate surface area is 267 Å². The van der Waals surface area contributed by atoms with E-state index in [1.54, 1.807) is 57.7 Å². The first kappa shape index (κ1) is 30.5. The Balaban J connectivity index is 0.000000184. The van der Waals surface area contributed by atoms with Crippen molar-refractivity contribution in [2.45, 2.75) is 51.6 Å². The first-order chi connectivity index (χ1) is 19.2. The van der Waals surface area contributed by atoms with Crippen molar-refractivity contribution in [3.63, 3.8) is 0 Å². The summed E-state index contributed by atoms with van der Waals surface area (Å²) in [5.41, 5.74) is 5.86. The summed E-state index contributed by atoms with van der Waals surface area (Å²) in [5, 5.41) is 22.1. The van der Waals surface area contributed by atoms with Gasteiger partial charge >= 0.3 is 37.7 Å². The van der Waals surface area contributed by atoms with E-state index in [4.69, 9.17) is 0 Å². The molecule has 0 N–H and O–H groups in total. The molecule has 9 heteroatoms. The van der Waals surface area contributed by atoms with Crippen molar-refractivity contribution in [1.29, 1.82) is 0 Å². The second kappa shape index (κ2) is 12.6. The Morgan fingerprint density at radius 1 is 0.585 bits per heavy atom. The summed E-state index contributed by atoms with van der Waals surface area (Å²) >= 11 is 0. The Kier molecular flexibility index (Phi) is 9.37. The van der Waals surface area contributed by atoms with Gasteiger partial charge in [-0.05, 0) is 51.0 Å². The van der Waals surface area contributed by atoms with Crippen LogP contribution in [0, 0.1) is 13.8 Å². The maximum Gasteiger partial charge on any atom is 2.00 e. The standard InChI is InChI=1S/2C16H15NO3.Ca/c2*1-10-2-4-11(5-3-10)15(18)14-7-6-13-12(16(19)20)8-9-17(13)14;/h2*2-7,12H,8-9H2,1H3,(H,19,20);/q;;+2/p-2. The van der Waals surface area contributed by atoms with Gasteiger partial charge in [0.25, 0.3) is 0 Å². The van der Waals surface area contributed by atoms with Crippen molar-refractivity contribution in [1.82, 2.24) is 9.13 Å². The molecule has 8 nitrogen and oxygen atoms in total. The SMILES string of the molecule is Cc1ccc(C(=O)c2ccc3n2CCC3C(=O)[O-])cc1.Cc1ccc(C(=O)c2ccc3n2CCC3C(=O)[O-])cc1.[Ca+2]. The number of nitrogens with zero attached hydrogens (tertiary/aromatic N) is 2. The average molecular weight is 577 g/mol. The van der Waals surface area contributed by atoms with Crippen LogP contribution < -0.4 is 10.2 Å². The zero-order valence-corrected chi connectivity index (χ0v) is 25.2. The molecule has 0 fully saturated rings. The topological polar surface area (TPSA) is 124 Å². The number of carboxylic acid groups (broad SMARTS) is 2. The number of fused-ring (bicyclic) bond motifs is 2. The molecule has 2 aliphatic heterocycles. The quantitative estimate of drug-likeness (QED) is 0.256. The molecule has 4 heterocycles. The van der Waals surface area contributed by atoms with Gasteiger partial charge in [0.05, 0.1) is 23.3 Å². The summed E-state index contributed by atoms with van der Waals surface area (Å²) in [6, 6.07) is 21.6. The minimum Gasteiger partial charge on any atom is -0.549 e. The number of carboxylic acids is 2. The number of hydrogen-bond donors (Lipinski definition) is 0. The molecular weight excluding hydrogens is 548 g/mol. The van der Waals surface area contributed by atoms with Crippen molar-refractivity contribution >= 4 is 61.2 Å². The zero-order valence-electron chi connectivity index (χ0n) is 23.0. The van der Waals surface area contributed by atoms with E-state index in [2.05, 4.69) is 0 Å². The number of aliphatic carboxylic acids is 2. The van der Waals surface area contributed by atoms with E-state index in [1.165, 1.54) is 0 Å². The maximum atomic E-state index is 12.5. The summed E-state index contributed by atoms with van der Waals surface area (Å²) < 4.78 is 3.59. The molecule has 6 rings (SSSR count). The molecule has 0 saturated carbocycles. The van der Waals surface area contributed by atoms with Crippen molar-refractivity contribution in [2.75, 3.05) is 0 Å². The Hall–Kier alpha value is -3.46. The van der Waals surface area contributed by atoms with E-state index < -0.39 is 23.8 Å². The molecule has 2 aliphatic rings. The van der Waals surface area contributed by atoms with Gasteiger partial charge in [-0.25, -0.2) is 0 Å². The molecule has 2 unspecified atom stereocenters. The smallest absolute Gasteiger partial charge is 0.549 e. The van der Waals surface area contributed by atoms with Gasteiger partial charge in [-0.1, -0.05) is 59.7 Å². The van der Waals surface area contributed by atoms with Crippen LogP contribution in [0.3, 0.4) is 0 Å². The van der Waals surface area contributed by atoms with Crippen LogP contribution in [0.1, 0.15) is 79.3 Å². The van der Waals surface area contributed by atoms with Crippen molar-refractivity contribution in [3.8, 4) is 0 Å². The number of aryl methyl sites for hydroxylation is 2. The number of rotatable bonds is 6. The van der Waals surface area contributed by atoms with Gasteiger partial charge in [-0.15, -0.1) is 0 Å². The second-order valence-corrected chi connectivity index (χ2v) is 10.3. The first-order valence-electron chi connectivity index (χ1n) is 13.2. The van der Waals surface area contributed by atoms with E-state index >= 15 is 0 Å². The molecule has 0 bridgehead atoms. The average Bonchev–Trinajstić information content (AvgIpc) is 3.70. The largest absolute Gasteiger partial charge is 2.00 e. The van der Waals surface area contributed by atoms with Crippen molar-refractivity contribution < 1.29 is 29.4 Å². The number of carbonyl (C=O) groups excluding carboxylic acids is 4. The fraction of sp³-hybridized carbons (Fsp3) is 0.250. The van der Waals surface area contributed by atoms with Crippen LogP contribution >= 0.6 is 0 Å². The molecule has 2 aromatic carbocycles. The first-order valence-corrected chi connectivity index (χ1v) is 13.2. The van der Waals surface area contributed by atoms with E-state index in [9.17, 15) is 29.4 Å². The van der Waals surface area contributed by atoms with Gasteiger partial charge in [-0.3, -0.25) is 9.59 Å². The Bertz CT molecular complexity index is 1490. The Morgan fingerprint density at radius 3 is 1.24 bits per heavy atom. The molecule has 2 aromatic heterocycles. The zero-order chi connectivity index (χ0) is 28.6. The minimum absolute atomic E-state index is 0. The van der Waals surface area contributed by atoms with E-state index in [1.807, 2.05) is 38.1 Å². The third-order valence-corrected chi connectivity index (χ3v) is 7.69. The van der Waals surface area contributed by atoms with Crippen molar-refractivity contribution in [2.24, 2.45) is 0 Å². The summed E-state index contributed by atoms with van der Waals surface area (Å²) in [4.78, 5) is 47.0. The van der Waals surface area contributed by atoms with Crippen molar-refractivity contribution in [3.05, 3.63) is 118 Å². The molecule has 2 atom stereocenters. The van der Waals surface area contributed by atoms with Crippen LogP contribution in [0.25, 0.3) is 0 Å².